The molecule has 2 bridgehead atoms. The van der Waals surface area contributed by atoms with Gasteiger partial charge in [-0.1, -0.05) is 0 Å². The fourth-order valence-corrected chi connectivity index (χ4v) is 3.43. The van der Waals surface area contributed by atoms with Crippen molar-refractivity contribution in [1.29, 1.82) is 0 Å². The molecule has 2 aliphatic carbocycles. The molecular formula is C12H17N5O. The monoisotopic (exact) mass is 247 g/mol. The van der Waals surface area contributed by atoms with Crippen molar-refractivity contribution in [3.8, 4) is 0 Å². The first-order valence-electron chi connectivity index (χ1n) is 6.37. The molecule has 18 heavy (non-hydrogen) atoms. The SMILES string of the molecule is Nc1nc(N)nc(CCC23CCC(CC2=O)C3)n1. The number of aryl methyl sites for hydroxylation is 1. The van der Waals surface area contributed by atoms with Gasteiger partial charge in [0.25, 0.3) is 0 Å². The average Bonchev–Trinajstić information content (AvgIpc) is 2.82. The highest BCUT2D eigenvalue weighted by Gasteiger charge is 2.50. The van der Waals surface area contributed by atoms with Gasteiger partial charge in [-0.2, -0.15) is 15.0 Å². The van der Waals surface area contributed by atoms with Crippen LogP contribution in [0.5, 0.6) is 0 Å². The van der Waals surface area contributed by atoms with Crippen LogP contribution in [-0.4, -0.2) is 20.7 Å². The number of ketones is 1. The third kappa shape index (κ3) is 1.81. The summed E-state index contributed by atoms with van der Waals surface area (Å²) in [5.74, 6) is 1.94. The molecule has 2 atom stereocenters. The Kier molecular flexibility index (Phi) is 2.46. The van der Waals surface area contributed by atoms with E-state index in [2.05, 4.69) is 15.0 Å². The van der Waals surface area contributed by atoms with Gasteiger partial charge in [0.2, 0.25) is 11.9 Å². The van der Waals surface area contributed by atoms with Crippen molar-refractivity contribution in [3.63, 3.8) is 0 Å². The highest BCUT2D eigenvalue weighted by atomic mass is 16.1. The minimum atomic E-state index is -0.110. The van der Waals surface area contributed by atoms with Crippen molar-refractivity contribution in [2.45, 2.75) is 38.5 Å². The second-order valence-electron chi connectivity index (χ2n) is 5.48. The molecule has 2 unspecified atom stereocenters. The van der Waals surface area contributed by atoms with Crippen molar-refractivity contribution in [2.24, 2.45) is 11.3 Å². The number of rotatable bonds is 3. The van der Waals surface area contributed by atoms with Crippen molar-refractivity contribution < 1.29 is 4.79 Å². The van der Waals surface area contributed by atoms with E-state index in [1.807, 2.05) is 0 Å². The van der Waals surface area contributed by atoms with Crippen LogP contribution in [0.1, 0.15) is 37.9 Å². The molecule has 1 aromatic heterocycles. The summed E-state index contributed by atoms with van der Waals surface area (Å²) in [5.41, 5.74) is 11.0. The number of aromatic nitrogens is 3. The standard InChI is InChI=1S/C12H17N5O/c13-10-15-9(16-11(14)17-10)2-4-12-3-1-7(6-12)5-8(12)18/h7H,1-6H2,(H4,13,14,15,16,17). The quantitative estimate of drug-likeness (QED) is 0.815. The van der Waals surface area contributed by atoms with Crippen molar-refractivity contribution in [2.75, 3.05) is 11.5 Å². The molecule has 2 fully saturated rings. The molecule has 4 N–H and O–H groups in total. The average molecular weight is 247 g/mol. The van der Waals surface area contributed by atoms with E-state index in [-0.39, 0.29) is 17.3 Å². The number of carbonyl (C=O) groups excluding carboxylic acids is 1. The number of fused-ring (bicyclic) bond motifs is 2. The Labute approximate surface area is 105 Å². The Hall–Kier alpha value is -1.72. The number of nitrogen functional groups attached to an aromatic ring is 2. The van der Waals surface area contributed by atoms with E-state index in [1.54, 1.807) is 0 Å². The third-order valence-electron chi connectivity index (χ3n) is 4.32. The summed E-state index contributed by atoms with van der Waals surface area (Å²) in [7, 11) is 0. The Morgan fingerprint density at radius 3 is 2.50 bits per heavy atom. The molecule has 2 aliphatic rings. The van der Waals surface area contributed by atoms with Crippen LogP contribution in [0.15, 0.2) is 0 Å². The zero-order valence-electron chi connectivity index (χ0n) is 10.2. The van der Waals surface area contributed by atoms with E-state index in [1.165, 1.54) is 6.42 Å². The molecule has 1 aromatic rings. The molecule has 0 amide bonds. The molecule has 0 spiro atoms. The van der Waals surface area contributed by atoms with Gasteiger partial charge in [0.05, 0.1) is 0 Å². The molecule has 6 nitrogen and oxygen atoms in total. The molecular weight excluding hydrogens is 230 g/mol. The summed E-state index contributed by atoms with van der Waals surface area (Å²) in [5, 5.41) is 0. The maximum atomic E-state index is 12.0. The third-order valence-corrected chi connectivity index (χ3v) is 4.32. The van der Waals surface area contributed by atoms with Crippen molar-refractivity contribution >= 4 is 17.7 Å². The van der Waals surface area contributed by atoms with Crippen LogP contribution < -0.4 is 11.5 Å². The van der Waals surface area contributed by atoms with E-state index < -0.39 is 0 Å². The van der Waals surface area contributed by atoms with Gasteiger partial charge in [-0.3, -0.25) is 4.79 Å². The number of hydrogen-bond acceptors (Lipinski definition) is 6. The first-order valence-corrected chi connectivity index (χ1v) is 6.37. The lowest BCUT2D eigenvalue weighted by atomic mass is 9.79. The zero-order valence-corrected chi connectivity index (χ0v) is 10.2. The maximum absolute atomic E-state index is 12.0. The summed E-state index contributed by atoms with van der Waals surface area (Å²) in [6.45, 7) is 0. The van der Waals surface area contributed by atoms with Crippen LogP contribution >= 0.6 is 0 Å². The lowest BCUT2D eigenvalue weighted by Crippen LogP contribution is -2.26. The summed E-state index contributed by atoms with van der Waals surface area (Å²) in [4.78, 5) is 23.9. The van der Waals surface area contributed by atoms with E-state index in [0.717, 1.165) is 25.7 Å². The Bertz CT molecular complexity index is 483. The minimum absolute atomic E-state index is 0.110. The number of Topliss-reactive ketones (excluding diaryl/α,β-unsaturated/α-hetero) is 1. The van der Waals surface area contributed by atoms with Gasteiger partial charge in [-0.05, 0) is 31.6 Å². The Morgan fingerprint density at radius 2 is 1.94 bits per heavy atom. The van der Waals surface area contributed by atoms with E-state index in [0.29, 0.717) is 23.9 Å². The first-order chi connectivity index (χ1) is 8.57. The van der Waals surface area contributed by atoms with Crippen LogP contribution in [0.3, 0.4) is 0 Å². The van der Waals surface area contributed by atoms with E-state index >= 15 is 0 Å². The fourth-order valence-electron chi connectivity index (χ4n) is 3.43. The van der Waals surface area contributed by atoms with Gasteiger partial charge in [-0.25, -0.2) is 0 Å². The van der Waals surface area contributed by atoms with Crippen molar-refractivity contribution in [1.82, 2.24) is 15.0 Å². The number of hydrogen-bond donors (Lipinski definition) is 2. The number of carbonyl (C=O) groups is 1. The number of nitrogens with zero attached hydrogens (tertiary/aromatic N) is 3. The number of nitrogens with two attached hydrogens (primary N) is 2. The lowest BCUT2D eigenvalue weighted by molar-refractivity contribution is -0.127. The Morgan fingerprint density at radius 1 is 1.22 bits per heavy atom. The fraction of sp³-hybridized carbons (Fsp3) is 0.667. The van der Waals surface area contributed by atoms with Crippen LogP contribution in [0.4, 0.5) is 11.9 Å². The van der Waals surface area contributed by atoms with Crippen LogP contribution in [0, 0.1) is 11.3 Å². The predicted molar refractivity (Wildman–Crippen MR) is 66.4 cm³/mol. The zero-order chi connectivity index (χ0) is 12.8. The van der Waals surface area contributed by atoms with Crippen LogP contribution in [0.25, 0.3) is 0 Å². The summed E-state index contributed by atoms with van der Waals surface area (Å²) in [6.07, 6.45) is 5.48. The van der Waals surface area contributed by atoms with Gasteiger partial charge in [0.1, 0.15) is 11.6 Å². The highest BCUT2D eigenvalue weighted by Crippen LogP contribution is 2.53. The van der Waals surface area contributed by atoms with Gasteiger partial charge < -0.3 is 11.5 Å². The normalized spacial score (nSPS) is 30.0. The smallest absolute Gasteiger partial charge is 0.225 e. The number of anilines is 2. The second kappa shape index (κ2) is 3.90. The highest BCUT2D eigenvalue weighted by molar-refractivity contribution is 5.88. The molecule has 6 heteroatoms. The largest absolute Gasteiger partial charge is 0.368 e. The summed E-state index contributed by atoms with van der Waals surface area (Å²) in [6, 6.07) is 0. The maximum Gasteiger partial charge on any atom is 0.225 e. The molecule has 2 saturated carbocycles. The van der Waals surface area contributed by atoms with Gasteiger partial charge >= 0.3 is 0 Å². The van der Waals surface area contributed by atoms with Gasteiger partial charge in [0.15, 0.2) is 0 Å². The molecule has 96 valence electrons. The predicted octanol–water partition coefficient (Wildman–Crippen LogP) is 0.728. The van der Waals surface area contributed by atoms with E-state index in [9.17, 15) is 4.79 Å². The summed E-state index contributed by atoms with van der Waals surface area (Å²) >= 11 is 0. The molecule has 0 saturated heterocycles. The molecule has 1 heterocycles. The second-order valence-corrected chi connectivity index (χ2v) is 5.48. The van der Waals surface area contributed by atoms with E-state index in [4.69, 9.17) is 11.5 Å². The van der Waals surface area contributed by atoms with Crippen LogP contribution in [0.2, 0.25) is 0 Å². The molecule has 0 radical (unpaired) electrons. The minimum Gasteiger partial charge on any atom is -0.368 e. The molecule has 3 rings (SSSR count). The molecule has 0 aromatic carbocycles. The topological polar surface area (TPSA) is 108 Å². The van der Waals surface area contributed by atoms with Crippen LogP contribution in [-0.2, 0) is 11.2 Å². The first kappa shape index (κ1) is 11.4. The van der Waals surface area contributed by atoms with Gasteiger partial charge in [0, 0.05) is 18.3 Å². The lowest BCUT2D eigenvalue weighted by Gasteiger charge is -2.24. The van der Waals surface area contributed by atoms with Crippen molar-refractivity contribution in [3.05, 3.63) is 5.82 Å². The summed E-state index contributed by atoms with van der Waals surface area (Å²) < 4.78 is 0. The Balaban J connectivity index is 1.73. The van der Waals surface area contributed by atoms with Gasteiger partial charge in [-0.15, -0.1) is 0 Å². The molecule has 0 aliphatic heterocycles.